The van der Waals surface area contributed by atoms with E-state index in [1.165, 1.54) is 122 Å². The number of rotatable bonds is 61. The van der Waals surface area contributed by atoms with E-state index in [9.17, 15) is 14.4 Å². The van der Waals surface area contributed by atoms with Crippen LogP contribution in [0.25, 0.3) is 0 Å². The summed E-state index contributed by atoms with van der Waals surface area (Å²) < 4.78 is 17.0. The van der Waals surface area contributed by atoms with Crippen LogP contribution < -0.4 is 0 Å². The minimum absolute atomic E-state index is 0.0912. The largest absolute Gasteiger partial charge is 0.462 e. The third-order valence-corrected chi connectivity index (χ3v) is 14.4. The average molecular weight is 1140 g/mol. The van der Waals surface area contributed by atoms with E-state index in [4.69, 9.17) is 14.2 Å². The van der Waals surface area contributed by atoms with Crippen molar-refractivity contribution in [3.63, 3.8) is 0 Å². The van der Waals surface area contributed by atoms with Crippen LogP contribution in [0.15, 0.2) is 134 Å². The molecule has 0 radical (unpaired) electrons. The predicted octanol–water partition coefficient (Wildman–Crippen LogP) is 23.7. The van der Waals surface area contributed by atoms with E-state index in [1.54, 1.807) is 0 Å². The highest BCUT2D eigenvalue weighted by Gasteiger charge is 2.19. The lowest BCUT2D eigenvalue weighted by Gasteiger charge is -2.18. The SMILES string of the molecule is CC/C=C\C/C=C\C/C=C\C/C=C\C/C=C\C/C=C\CCCCCCC(=O)OC(COC(=O)CCCCCCCCCCC/C=C\C/C=C\C/C=C\C/C=C\C/C=C\CC)COC(=O)CCCCCCCCCCCCCCCCCC. The molecule has 0 amide bonds. The number of hydrogen-bond donors (Lipinski definition) is 0. The molecule has 82 heavy (non-hydrogen) atoms. The number of ether oxygens (including phenoxy) is 3. The van der Waals surface area contributed by atoms with E-state index in [0.29, 0.717) is 19.3 Å². The molecule has 0 aliphatic rings. The summed E-state index contributed by atoms with van der Waals surface area (Å²) in [5, 5.41) is 0. The molecule has 6 nitrogen and oxygen atoms in total. The zero-order chi connectivity index (χ0) is 59.2. The first-order valence-electron chi connectivity index (χ1n) is 34.2. The van der Waals surface area contributed by atoms with Crippen molar-refractivity contribution in [3.8, 4) is 0 Å². The summed E-state index contributed by atoms with van der Waals surface area (Å²) in [6.07, 6.45) is 97.4. The Morgan fingerprint density at radius 3 is 0.744 bits per heavy atom. The van der Waals surface area contributed by atoms with Gasteiger partial charge in [0.05, 0.1) is 0 Å². The van der Waals surface area contributed by atoms with E-state index in [2.05, 4.69) is 154 Å². The first-order chi connectivity index (χ1) is 40.5. The van der Waals surface area contributed by atoms with Gasteiger partial charge in [-0.25, -0.2) is 0 Å². The van der Waals surface area contributed by atoms with Crippen LogP contribution in [-0.2, 0) is 28.6 Å². The molecule has 0 aliphatic carbocycles. The van der Waals surface area contributed by atoms with Crippen molar-refractivity contribution < 1.29 is 28.6 Å². The lowest BCUT2D eigenvalue weighted by molar-refractivity contribution is -0.167. The van der Waals surface area contributed by atoms with E-state index in [1.807, 2.05) is 0 Å². The van der Waals surface area contributed by atoms with Gasteiger partial charge in [0.2, 0.25) is 0 Å². The van der Waals surface area contributed by atoms with Crippen LogP contribution in [0.1, 0.15) is 310 Å². The van der Waals surface area contributed by atoms with Gasteiger partial charge in [0.1, 0.15) is 13.2 Å². The van der Waals surface area contributed by atoms with Gasteiger partial charge in [-0.3, -0.25) is 14.4 Å². The van der Waals surface area contributed by atoms with Crippen LogP contribution in [0.5, 0.6) is 0 Å². The first-order valence-corrected chi connectivity index (χ1v) is 34.2. The van der Waals surface area contributed by atoms with Crippen LogP contribution in [-0.4, -0.2) is 37.2 Å². The maximum absolute atomic E-state index is 13.0. The summed E-state index contributed by atoms with van der Waals surface area (Å²) in [7, 11) is 0. The Bertz CT molecular complexity index is 1730. The number of carbonyl (C=O) groups excluding carboxylic acids is 3. The monoisotopic (exact) mass is 1130 g/mol. The van der Waals surface area contributed by atoms with Gasteiger partial charge in [-0.2, -0.15) is 0 Å². The molecule has 0 saturated carbocycles. The molecule has 0 fully saturated rings. The lowest BCUT2D eigenvalue weighted by atomic mass is 10.0. The van der Waals surface area contributed by atoms with Crippen molar-refractivity contribution in [2.24, 2.45) is 0 Å². The molecule has 0 aliphatic heterocycles. The normalized spacial score (nSPS) is 13.0. The minimum Gasteiger partial charge on any atom is -0.462 e. The highest BCUT2D eigenvalue weighted by Crippen LogP contribution is 2.16. The molecule has 0 bridgehead atoms. The predicted molar refractivity (Wildman–Crippen MR) is 357 cm³/mol. The van der Waals surface area contributed by atoms with Crippen molar-refractivity contribution >= 4 is 17.9 Å². The van der Waals surface area contributed by atoms with Crippen LogP contribution in [0.2, 0.25) is 0 Å². The lowest BCUT2D eigenvalue weighted by Crippen LogP contribution is -2.30. The van der Waals surface area contributed by atoms with Crippen LogP contribution in [0, 0.1) is 0 Å². The van der Waals surface area contributed by atoms with Crippen LogP contribution in [0.3, 0.4) is 0 Å². The second kappa shape index (κ2) is 69.0. The van der Waals surface area contributed by atoms with Crippen LogP contribution >= 0.6 is 0 Å². The van der Waals surface area contributed by atoms with Crippen molar-refractivity contribution in [1.29, 1.82) is 0 Å². The molecule has 0 heterocycles. The molecule has 0 rings (SSSR count). The zero-order valence-electron chi connectivity index (χ0n) is 53.5. The fourth-order valence-electron chi connectivity index (χ4n) is 9.36. The van der Waals surface area contributed by atoms with Crippen molar-refractivity contribution in [1.82, 2.24) is 0 Å². The Morgan fingerprint density at radius 1 is 0.256 bits per heavy atom. The minimum atomic E-state index is -0.800. The van der Waals surface area contributed by atoms with Gasteiger partial charge in [0.25, 0.3) is 0 Å². The molecule has 1 unspecified atom stereocenters. The Balaban J connectivity index is 4.44. The second-order valence-electron chi connectivity index (χ2n) is 22.3. The third kappa shape index (κ3) is 66.4. The first kappa shape index (κ1) is 77.5. The van der Waals surface area contributed by atoms with E-state index in [-0.39, 0.29) is 31.1 Å². The fourth-order valence-corrected chi connectivity index (χ4v) is 9.36. The molecule has 466 valence electrons. The van der Waals surface area contributed by atoms with Gasteiger partial charge < -0.3 is 14.2 Å². The summed E-state index contributed by atoms with van der Waals surface area (Å²) in [5.74, 6) is -0.914. The number of carbonyl (C=O) groups is 3. The molecule has 0 spiro atoms. The Hall–Kier alpha value is -4.45. The van der Waals surface area contributed by atoms with Gasteiger partial charge in [0, 0.05) is 19.3 Å². The average Bonchev–Trinajstić information content (AvgIpc) is 3.47. The Morgan fingerprint density at radius 2 is 0.476 bits per heavy atom. The van der Waals surface area contributed by atoms with Crippen LogP contribution in [0.4, 0.5) is 0 Å². The number of esters is 3. The Kier molecular flexibility index (Phi) is 65.3. The summed E-state index contributed by atoms with van der Waals surface area (Å²) in [6.45, 7) is 6.42. The van der Waals surface area contributed by atoms with E-state index >= 15 is 0 Å². The fraction of sp³-hybridized carbons (Fsp3) is 0.671. The number of hydrogen-bond acceptors (Lipinski definition) is 6. The molecule has 0 saturated heterocycles. The second-order valence-corrected chi connectivity index (χ2v) is 22.3. The summed E-state index contributed by atoms with van der Waals surface area (Å²) in [4.78, 5) is 38.5. The highest BCUT2D eigenvalue weighted by molar-refractivity contribution is 5.71. The smallest absolute Gasteiger partial charge is 0.306 e. The van der Waals surface area contributed by atoms with Gasteiger partial charge in [0.15, 0.2) is 6.10 Å². The standard InChI is InChI=1S/C76H126O6/c1-4-7-10-13-16-19-22-25-28-31-33-35-37-38-40-41-43-45-48-51-54-57-60-63-66-69-75(78)81-72-73(71-80-74(77)68-65-62-59-56-53-50-47-30-27-24-21-18-15-12-9-6-3)82-76(79)70-67-64-61-58-55-52-49-46-44-42-39-36-34-32-29-26-23-20-17-14-11-8-5-2/h7-8,10-11,16-17,19-20,25-26,28-29,33-36,38,40,42,44,49,52,73H,4-6,9,12-15,18,21-24,27,30-32,37,39,41,43,45-48,50-51,53-72H2,1-3H3/b10-7-,11-8-,19-16-,20-17-,28-25-,29-26-,35-33-,36-34-,40-38-,44-42-,52-49-. The molecule has 6 heteroatoms. The zero-order valence-corrected chi connectivity index (χ0v) is 53.5. The topological polar surface area (TPSA) is 78.9 Å². The van der Waals surface area contributed by atoms with Gasteiger partial charge >= 0.3 is 17.9 Å². The van der Waals surface area contributed by atoms with E-state index < -0.39 is 6.10 Å². The maximum atomic E-state index is 13.0. The van der Waals surface area contributed by atoms with Gasteiger partial charge in [-0.1, -0.05) is 309 Å². The number of unbranched alkanes of at least 4 members (excludes halogenated alkanes) is 28. The quantitative estimate of drug-likeness (QED) is 0.0261. The molecule has 0 aromatic rings. The summed E-state index contributed by atoms with van der Waals surface area (Å²) in [5.41, 5.74) is 0. The van der Waals surface area contributed by atoms with Crippen molar-refractivity contribution in [3.05, 3.63) is 134 Å². The summed E-state index contributed by atoms with van der Waals surface area (Å²) >= 11 is 0. The molecule has 0 aromatic heterocycles. The van der Waals surface area contributed by atoms with Crippen molar-refractivity contribution in [2.45, 2.75) is 316 Å². The molecular formula is C76H126O6. The maximum Gasteiger partial charge on any atom is 0.306 e. The third-order valence-electron chi connectivity index (χ3n) is 14.4. The van der Waals surface area contributed by atoms with Crippen molar-refractivity contribution in [2.75, 3.05) is 13.2 Å². The number of allylic oxidation sites excluding steroid dienone is 22. The molecule has 1 atom stereocenters. The Labute approximate surface area is 506 Å². The summed E-state index contributed by atoms with van der Waals surface area (Å²) in [6, 6.07) is 0. The van der Waals surface area contributed by atoms with Gasteiger partial charge in [-0.15, -0.1) is 0 Å². The molecular weight excluding hydrogens is 1010 g/mol. The van der Waals surface area contributed by atoms with E-state index in [0.717, 1.165) is 148 Å². The molecule has 0 aromatic carbocycles. The highest BCUT2D eigenvalue weighted by atomic mass is 16.6. The van der Waals surface area contributed by atoms with Gasteiger partial charge in [-0.05, 0) is 116 Å². The molecule has 0 N–H and O–H groups in total.